The van der Waals surface area contributed by atoms with Gasteiger partial charge in [-0.15, -0.1) is 0 Å². The maximum absolute atomic E-state index is 12.2. The fraction of sp³-hybridized carbons (Fsp3) is 0.125. The summed E-state index contributed by atoms with van der Waals surface area (Å²) < 4.78 is 0. The van der Waals surface area contributed by atoms with E-state index in [2.05, 4.69) is 15.6 Å². The summed E-state index contributed by atoms with van der Waals surface area (Å²) in [6.07, 6.45) is 0. The minimum atomic E-state index is -0.527. The maximum Gasteiger partial charge on any atom is 0.270 e. The van der Waals surface area contributed by atoms with Crippen LogP contribution in [-0.4, -0.2) is 29.8 Å². The van der Waals surface area contributed by atoms with Gasteiger partial charge in [0.15, 0.2) is 0 Å². The van der Waals surface area contributed by atoms with Crippen molar-refractivity contribution in [2.24, 2.45) is 4.99 Å². The van der Waals surface area contributed by atoms with Crippen molar-refractivity contribution in [3.05, 3.63) is 69.8 Å². The van der Waals surface area contributed by atoms with Crippen LogP contribution < -0.4 is 10.6 Å². The number of benzene rings is 2. The molecule has 0 radical (unpaired) electrons. The summed E-state index contributed by atoms with van der Waals surface area (Å²) in [7, 11) is 0. The molecule has 0 saturated heterocycles. The fourth-order valence-corrected chi connectivity index (χ4v) is 2.27. The maximum atomic E-state index is 12.2. The number of hydrogen-bond donors (Lipinski definition) is 2. The van der Waals surface area contributed by atoms with Gasteiger partial charge in [-0.1, -0.05) is 6.07 Å². The number of nitro groups is 1. The Morgan fingerprint density at radius 2 is 2.00 bits per heavy atom. The molecular weight excluding hydrogens is 296 g/mol. The summed E-state index contributed by atoms with van der Waals surface area (Å²) in [6.45, 7) is 1.60. The first-order valence-electron chi connectivity index (χ1n) is 7.08. The lowest BCUT2D eigenvalue weighted by molar-refractivity contribution is -0.384. The summed E-state index contributed by atoms with van der Waals surface area (Å²) in [5, 5.41) is 16.6. The van der Waals surface area contributed by atoms with Gasteiger partial charge in [0, 0.05) is 35.5 Å². The molecule has 0 fully saturated rings. The molecule has 7 nitrogen and oxygen atoms in total. The average molecular weight is 310 g/mol. The van der Waals surface area contributed by atoms with E-state index in [-0.39, 0.29) is 11.3 Å². The molecule has 0 atom stereocenters. The summed E-state index contributed by atoms with van der Waals surface area (Å²) in [4.78, 5) is 26.7. The molecule has 3 rings (SSSR count). The van der Waals surface area contributed by atoms with Crippen LogP contribution in [0, 0.1) is 10.1 Å². The molecule has 0 spiro atoms. The van der Waals surface area contributed by atoms with E-state index in [0.717, 1.165) is 24.5 Å². The van der Waals surface area contributed by atoms with Gasteiger partial charge in [-0.3, -0.25) is 19.9 Å². The smallest absolute Gasteiger partial charge is 0.270 e. The Hall–Kier alpha value is -3.22. The molecule has 1 aliphatic rings. The van der Waals surface area contributed by atoms with Gasteiger partial charge in [0.2, 0.25) is 0 Å². The topological polar surface area (TPSA) is 96.6 Å². The molecule has 0 unspecified atom stereocenters. The van der Waals surface area contributed by atoms with Crippen molar-refractivity contribution in [3.63, 3.8) is 0 Å². The number of hydrogen-bond acceptors (Lipinski definition) is 5. The first-order valence-corrected chi connectivity index (χ1v) is 7.08. The molecule has 2 aromatic rings. The van der Waals surface area contributed by atoms with Crippen molar-refractivity contribution in [3.8, 4) is 0 Å². The Balaban J connectivity index is 1.72. The van der Waals surface area contributed by atoms with Crippen LogP contribution in [0.1, 0.15) is 15.9 Å². The van der Waals surface area contributed by atoms with E-state index < -0.39 is 10.8 Å². The van der Waals surface area contributed by atoms with Crippen molar-refractivity contribution < 1.29 is 9.72 Å². The van der Waals surface area contributed by atoms with Crippen LogP contribution in [0.5, 0.6) is 0 Å². The first-order chi connectivity index (χ1) is 11.1. The van der Waals surface area contributed by atoms with Gasteiger partial charge < -0.3 is 10.6 Å². The number of amides is 1. The van der Waals surface area contributed by atoms with Gasteiger partial charge in [0.05, 0.1) is 11.5 Å². The molecule has 116 valence electrons. The van der Waals surface area contributed by atoms with Gasteiger partial charge >= 0.3 is 0 Å². The second-order valence-corrected chi connectivity index (χ2v) is 5.00. The van der Waals surface area contributed by atoms with Gasteiger partial charge in [0.1, 0.15) is 5.84 Å². The molecule has 1 heterocycles. The van der Waals surface area contributed by atoms with Crippen LogP contribution in [0.2, 0.25) is 0 Å². The van der Waals surface area contributed by atoms with E-state index in [4.69, 9.17) is 0 Å². The molecule has 23 heavy (non-hydrogen) atoms. The van der Waals surface area contributed by atoms with Crippen LogP contribution in [0.25, 0.3) is 0 Å². The Morgan fingerprint density at radius 3 is 2.65 bits per heavy atom. The zero-order valence-corrected chi connectivity index (χ0v) is 12.2. The van der Waals surface area contributed by atoms with Crippen LogP contribution >= 0.6 is 0 Å². The van der Waals surface area contributed by atoms with E-state index in [9.17, 15) is 14.9 Å². The van der Waals surface area contributed by atoms with Crippen molar-refractivity contribution >= 4 is 23.1 Å². The number of carbonyl (C=O) groups is 1. The molecule has 7 heteroatoms. The molecule has 0 saturated carbocycles. The van der Waals surface area contributed by atoms with Crippen molar-refractivity contribution in [2.75, 3.05) is 18.4 Å². The summed E-state index contributed by atoms with van der Waals surface area (Å²) in [5.41, 5.74) is 1.70. The number of non-ortho nitro benzene ring substituents is 1. The van der Waals surface area contributed by atoms with Crippen LogP contribution in [-0.2, 0) is 0 Å². The van der Waals surface area contributed by atoms with Crippen LogP contribution in [0.15, 0.2) is 53.5 Å². The Labute approximate surface area is 132 Å². The number of rotatable bonds is 4. The van der Waals surface area contributed by atoms with E-state index in [1.54, 1.807) is 12.1 Å². The largest absolute Gasteiger partial charge is 0.368 e. The third-order valence-electron chi connectivity index (χ3n) is 3.41. The Morgan fingerprint density at radius 1 is 1.22 bits per heavy atom. The highest BCUT2D eigenvalue weighted by Crippen LogP contribution is 2.16. The Bertz CT molecular complexity index is 784. The molecule has 2 N–H and O–H groups in total. The highest BCUT2D eigenvalue weighted by atomic mass is 16.6. The minimum absolute atomic E-state index is 0.113. The predicted octanol–water partition coefficient (Wildman–Crippen LogP) is 2.20. The van der Waals surface area contributed by atoms with Gasteiger partial charge in [-0.2, -0.15) is 0 Å². The second-order valence-electron chi connectivity index (χ2n) is 5.00. The molecule has 0 aromatic heterocycles. The fourth-order valence-electron chi connectivity index (χ4n) is 2.27. The molecule has 0 bridgehead atoms. The van der Waals surface area contributed by atoms with Gasteiger partial charge in [-0.05, 0) is 30.3 Å². The number of carbonyl (C=O) groups excluding carboxylic acids is 1. The molecule has 1 aliphatic heterocycles. The SMILES string of the molecule is O=C(Nc1ccc(C2=NCCN2)cc1)c1cccc([N+](=O)[O-])c1. The highest BCUT2D eigenvalue weighted by molar-refractivity contribution is 6.05. The number of aliphatic imine (C=N–C) groups is 1. The molecule has 0 aliphatic carbocycles. The molecular formula is C16H14N4O3. The zero-order chi connectivity index (χ0) is 16.2. The van der Waals surface area contributed by atoms with Crippen molar-refractivity contribution in [2.45, 2.75) is 0 Å². The normalized spacial score (nSPS) is 13.1. The summed E-state index contributed by atoms with van der Waals surface area (Å²) in [5.74, 6) is 0.458. The van der Waals surface area contributed by atoms with Crippen molar-refractivity contribution in [1.29, 1.82) is 0 Å². The number of amidine groups is 1. The quantitative estimate of drug-likeness (QED) is 0.668. The monoisotopic (exact) mass is 310 g/mol. The van der Waals surface area contributed by atoms with Gasteiger partial charge in [-0.25, -0.2) is 0 Å². The lowest BCUT2D eigenvalue weighted by Gasteiger charge is -2.07. The van der Waals surface area contributed by atoms with E-state index >= 15 is 0 Å². The minimum Gasteiger partial charge on any atom is -0.368 e. The third-order valence-corrected chi connectivity index (χ3v) is 3.41. The molecule has 2 aromatic carbocycles. The van der Waals surface area contributed by atoms with Crippen LogP contribution in [0.3, 0.4) is 0 Å². The average Bonchev–Trinajstić information content (AvgIpc) is 3.10. The van der Waals surface area contributed by atoms with Gasteiger partial charge in [0.25, 0.3) is 11.6 Å². The van der Waals surface area contributed by atoms with Crippen molar-refractivity contribution in [1.82, 2.24) is 5.32 Å². The number of nitrogens with zero attached hydrogens (tertiary/aromatic N) is 2. The van der Waals surface area contributed by atoms with Crippen LogP contribution in [0.4, 0.5) is 11.4 Å². The van der Waals surface area contributed by atoms with E-state index in [1.165, 1.54) is 24.3 Å². The number of anilines is 1. The molecule has 1 amide bonds. The predicted molar refractivity (Wildman–Crippen MR) is 86.9 cm³/mol. The standard InChI is InChI=1S/C16H14N4O3/c21-16(12-2-1-3-14(10-12)20(22)23)19-13-6-4-11(5-7-13)15-17-8-9-18-15/h1-7,10H,8-9H2,(H,17,18)(H,19,21). The number of nitro benzene ring substituents is 1. The zero-order valence-electron chi connectivity index (χ0n) is 12.2. The highest BCUT2D eigenvalue weighted by Gasteiger charge is 2.12. The van der Waals surface area contributed by atoms with E-state index in [1.807, 2.05) is 12.1 Å². The Kier molecular flexibility index (Phi) is 4.01. The first kappa shape index (κ1) is 14.7. The van der Waals surface area contributed by atoms with E-state index in [0.29, 0.717) is 5.69 Å². The summed E-state index contributed by atoms with van der Waals surface area (Å²) in [6, 6.07) is 12.9. The lowest BCUT2D eigenvalue weighted by Crippen LogP contribution is -2.19. The third kappa shape index (κ3) is 3.34. The summed E-state index contributed by atoms with van der Waals surface area (Å²) >= 11 is 0. The number of nitrogens with one attached hydrogen (secondary N) is 2. The second kappa shape index (κ2) is 6.27. The lowest BCUT2D eigenvalue weighted by atomic mass is 10.1.